The summed E-state index contributed by atoms with van der Waals surface area (Å²) in [4.78, 5) is 16.5. The number of aliphatic imine (C=N–C) groups is 1. The van der Waals surface area contributed by atoms with E-state index in [2.05, 4.69) is 20.9 Å². The molecule has 0 radical (unpaired) electrons. The van der Waals surface area contributed by atoms with Gasteiger partial charge in [-0.05, 0) is 52.0 Å². The number of carbonyl (C=O) groups excluding carboxylic acids is 1. The molecule has 1 aliphatic carbocycles. The van der Waals surface area contributed by atoms with Crippen LogP contribution in [0.3, 0.4) is 0 Å². The van der Waals surface area contributed by atoms with Crippen LogP contribution in [0.4, 0.5) is 0 Å². The first-order chi connectivity index (χ1) is 12.1. The number of rotatable bonds is 7. The van der Waals surface area contributed by atoms with Crippen LogP contribution in [0, 0.1) is 6.92 Å². The summed E-state index contributed by atoms with van der Waals surface area (Å²) >= 11 is 0. The molecule has 25 heavy (non-hydrogen) atoms. The van der Waals surface area contributed by atoms with Gasteiger partial charge >= 0.3 is 0 Å². The molecule has 1 amide bonds. The number of aliphatic hydroxyl groups excluding tert-OH is 1. The van der Waals surface area contributed by atoms with Crippen LogP contribution in [0.2, 0.25) is 0 Å². The van der Waals surface area contributed by atoms with Crippen molar-refractivity contribution in [2.24, 2.45) is 4.99 Å². The summed E-state index contributed by atoms with van der Waals surface area (Å²) in [5, 5.41) is 19.1. The second kappa shape index (κ2) is 10.1. The fourth-order valence-corrected chi connectivity index (χ4v) is 2.89. The monoisotopic (exact) mass is 350 g/mol. The van der Waals surface area contributed by atoms with Crippen LogP contribution in [0.5, 0.6) is 0 Å². The van der Waals surface area contributed by atoms with Crippen molar-refractivity contribution in [2.75, 3.05) is 19.6 Å². The predicted octanol–water partition coefficient (Wildman–Crippen LogP) is 1.57. The molecule has 140 valence electrons. The van der Waals surface area contributed by atoms with Crippen molar-refractivity contribution in [3.8, 4) is 0 Å². The molecule has 1 heterocycles. The van der Waals surface area contributed by atoms with Crippen LogP contribution in [0.1, 0.15) is 55.1 Å². The SMILES string of the molecule is CCNC(=NCCCNC(=O)c1occc1C)NC1CCC(O)CC1. The Morgan fingerprint density at radius 1 is 1.32 bits per heavy atom. The van der Waals surface area contributed by atoms with Crippen molar-refractivity contribution in [3.05, 3.63) is 23.7 Å². The lowest BCUT2D eigenvalue weighted by atomic mass is 9.93. The molecule has 7 heteroatoms. The topological polar surface area (TPSA) is 98.9 Å². The molecule has 1 aromatic rings. The van der Waals surface area contributed by atoms with Crippen LogP contribution in [0.25, 0.3) is 0 Å². The van der Waals surface area contributed by atoms with Gasteiger partial charge in [-0.1, -0.05) is 0 Å². The number of carbonyl (C=O) groups is 1. The molecule has 0 spiro atoms. The standard InChI is InChI=1S/C18H30N4O3/c1-3-19-18(22-14-5-7-15(23)8-6-14)21-11-4-10-20-17(24)16-13(2)9-12-25-16/h9,12,14-15,23H,3-8,10-11H2,1-2H3,(H,20,24)(H2,19,21,22). The summed E-state index contributed by atoms with van der Waals surface area (Å²) < 4.78 is 5.17. The van der Waals surface area contributed by atoms with Gasteiger partial charge in [-0.3, -0.25) is 9.79 Å². The second-order valence-corrected chi connectivity index (χ2v) is 6.45. The van der Waals surface area contributed by atoms with E-state index in [1.807, 2.05) is 13.8 Å². The fraction of sp³-hybridized carbons (Fsp3) is 0.667. The Labute approximate surface area is 149 Å². The van der Waals surface area contributed by atoms with E-state index in [-0.39, 0.29) is 12.0 Å². The average molecular weight is 350 g/mol. The number of nitrogens with one attached hydrogen (secondary N) is 3. The number of furan rings is 1. The highest BCUT2D eigenvalue weighted by Gasteiger charge is 2.19. The van der Waals surface area contributed by atoms with Gasteiger partial charge in [-0.25, -0.2) is 0 Å². The molecule has 0 bridgehead atoms. The Morgan fingerprint density at radius 3 is 2.72 bits per heavy atom. The molecule has 1 saturated carbocycles. The Kier molecular flexibility index (Phi) is 7.78. The highest BCUT2D eigenvalue weighted by Crippen LogP contribution is 2.18. The van der Waals surface area contributed by atoms with Crippen LogP contribution in [0.15, 0.2) is 21.7 Å². The number of hydrogen-bond acceptors (Lipinski definition) is 4. The first kappa shape index (κ1) is 19.3. The average Bonchev–Trinajstić information content (AvgIpc) is 3.02. The minimum absolute atomic E-state index is 0.154. The molecule has 7 nitrogen and oxygen atoms in total. The first-order valence-corrected chi connectivity index (χ1v) is 9.15. The van der Waals surface area contributed by atoms with E-state index in [9.17, 15) is 9.90 Å². The van der Waals surface area contributed by atoms with Gasteiger partial charge in [0, 0.05) is 31.2 Å². The van der Waals surface area contributed by atoms with E-state index < -0.39 is 0 Å². The molecular weight excluding hydrogens is 320 g/mol. The predicted molar refractivity (Wildman–Crippen MR) is 97.8 cm³/mol. The minimum atomic E-state index is -0.183. The summed E-state index contributed by atoms with van der Waals surface area (Å²) in [5.41, 5.74) is 0.840. The van der Waals surface area contributed by atoms with Gasteiger partial charge in [0.25, 0.3) is 5.91 Å². The lowest BCUT2D eigenvalue weighted by Gasteiger charge is -2.27. The summed E-state index contributed by atoms with van der Waals surface area (Å²) in [6.07, 6.45) is 5.73. The van der Waals surface area contributed by atoms with Crippen molar-refractivity contribution in [3.63, 3.8) is 0 Å². The van der Waals surface area contributed by atoms with E-state index in [0.29, 0.717) is 24.9 Å². The van der Waals surface area contributed by atoms with Gasteiger partial charge in [0.2, 0.25) is 0 Å². The second-order valence-electron chi connectivity index (χ2n) is 6.45. The molecule has 0 aliphatic heterocycles. The lowest BCUT2D eigenvalue weighted by molar-refractivity contribution is 0.0925. The van der Waals surface area contributed by atoms with Crippen LogP contribution >= 0.6 is 0 Å². The zero-order chi connectivity index (χ0) is 18.1. The fourth-order valence-electron chi connectivity index (χ4n) is 2.89. The van der Waals surface area contributed by atoms with E-state index in [1.54, 1.807) is 6.07 Å². The highest BCUT2D eigenvalue weighted by atomic mass is 16.3. The maximum absolute atomic E-state index is 11.9. The van der Waals surface area contributed by atoms with Crippen molar-refractivity contribution < 1.29 is 14.3 Å². The number of aliphatic hydroxyl groups is 1. The first-order valence-electron chi connectivity index (χ1n) is 9.15. The van der Waals surface area contributed by atoms with E-state index >= 15 is 0 Å². The van der Waals surface area contributed by atoms with Crippen LogP contribution in [-0.4, -0.2) is 48.8 Å². The zero-order valence-corrected chi connectivity index (χ0v) is 15.2. The summed E-state index contributed by atoms with van der Waals surface area (Å²) in [7, 11) is 0. The van der Waals surface area contributed by atoms with E-state index in [1.165, 1.54) is 6.26 Å². The number of nitrogens with zero attached hydrogens (tertiary/aromatic N) is 1. The third kappa shape index (κ3) is 6.42. The maximum Gasteiger partial charge on any atom is 0.287 e. The minimum Gasteiger partial charge on any atom is -0.459 e. The molecule has 4 N–H and O–H groups in total. The van der Waals surface area contributed by atoms with Crippen LogP contribution < -0.4 is 16.0 Å². The summed E-state index contributed by atoms with van der Waals surface area (Å²) in [6, 6.07) is 2.14. The van der Waals surface area contributed by atoms with E-state index in [0.717, 1.165) is 50.2 Å². The Balaban J connectivity index is 1.70. The van der Waals surface area contributed by atoms with Gasteiger partial charge < -0.3 is 25.5 Å². The molecular formula is C18H30N4O3. The Hall–Kier alpha value is -2.02. The molecule has 1 fully saturated rings. The van der Waals surface area contributed by atoms with Crippen molar-refractivity contribution >= 4 is 11.9 Å². The third-order valence-corrected chi connectivity index (χ3v) is 4.34. The molecule has 1 aromatic heterocycles. The van der Waals surface area contributed by atoms with Gasteiger partial charge in [0.05, 0.1) is 12.4 Å². The normalized spacial score (nSPS) is 21.0. The lowest BCUT2D eigenvalue weighted by Crippen LogP contribution is -2.45. The Morgan fingerprint density at radius 2 is 2.08 bits per heavy atom. The molecule has 1 aliphatic rings. The third-order valence-electron chi connectivity index (χ3n) is 4.34. The number of hydrogen-bond donors (Lipinski definition) is 4. The molecule has 0 unspecified atom stereocenters. The van der Waals surface area contributed by atoms with Gasteiger partial charge in [0.15, 0.2) is 11.7 Å². The van der Waals surface area contributed by atoms with Crippen LogP contribution in [-0.2, 0) is 0 Å². The van der Waals surface area contributed by atoms with Gasteiger partial charge in [-0.15, -0.1) is 0 Å². The van der Waals surface area contributed by atoms with Gasteiger partial charge in [-0.2, -0.15) is 0 Å². The summed E-state index contributed by atoms with van der Waals surface area (Å²) in [5.74, 6) is 0.993. The number of amides is 1. The van der Waals surface area contributed by atoms with Crippen molar-refractivity contribution in [2.45, 2.75) is 58.1 Å². The Bertz CT molecular complexity index is 562. The quantitative estimate of drug-likeness (QED) is 0.340. The molecule has 0 atom stereocenters. The molecule has 0 saturated heterocycles. The number of aryl methyl sites for hydroxylation is 1. The smallest absolute Gasteiger partial charge is 0.287 e. The van der Waals surface area contributed by atoms with Crippen molar-refractivity contribution in [1.82, 2.24) is 16.0 Å². The highest BCUT2D eigenvalue weighted by molar-refractivity contribution is 5.92. The maximum atomic E-state index is 11.9. The largest absolute Gasteiger partial charge is 0.459 e. The van der Waals surface area contributed by atoms with Crippen molar-refractivity contribution in [1.29, 1.82) is 0 Å². The summed E-state index contributed by atoms with van der Waals surface area (Å²) in [6.45, 7) is 5.87. The number of guanidine groups is 1. The molecule has 0 aromatic carbocycles. The zero-order valence-electron chi connectivity index (χ0n) is 15.2. The van der Waals surface area contributed by atoms with Gasteiger partial charge in [0.1, 0.15) is 0 Å². The molecule has 2 rings (SSSR count). The van der Waals surface area contributed by atoms with E-state index in [4.69, 9.17) is 4.42 Å².